The van der Waals surface area contributed by atoms with Gasteiger partial charge in [0.25, 0.3) is 0 Å². The molecular weight excluding hydrogens is 1160 g/mol. The Morgan fingerprint density at radius 1 is 0.391 bits per heavy atom. The van der Waals surface area contributed by atoms with Gasteiger partial charge >= 0.3 is 0 Å². The van der Waals surface area contributed by atoms with Crippen molar-refractivity contribution in [2.24, 2.45) is 0 Å². The molecule has 2 saturated heterocycles. The number of rotatable bonds is 65. The average Bonchev–Trinajstić information content (AvgIpc) is 0.865. The van der Waals surface area contributed by atoms with Crippen molar-refractivity contribution in [3.8, 4) is 0 Å². The minimum atomic E-state index is -1.79. The number of ether oxygens (including phenoxy) is 4. The van der Waals surface area contributed by atoms with Gasteiger partial charge in [-0.15, -0.1) is 0 Å². The summed E-state index contributed by atoms with van der Waals surface area (Å²) in [5, 5.41) is 87.6. The summed E-state index contributed by atoms with van der Waals surface area (Å²) in [6, 6.07) is -0.935. The summed E-state index contributed by atoms with van der Waals surface area (Å²) in [4.78, 5) is 13.4. The summed E-state index contributed by atoms with van der Waals surface area (Å²) < 4.78 is 22.9. The summed E-state index contributed by atoms with van der Waals surface area (Å²) >= 11 is 0. The standard InChI is InChI=1S/C78H145NO13/c1-3-5-7-9-11-13-15-17-19-21-23-25-27-29-30-31-32-33-34-35-36-38-39-41-43-45-47-49-51-53-55-57-59-61-67(82)66(65-89-77-75(88)73(86)76(69(64-81)91-77)92-78-74(87)72(85)71(84)68(63-80)90-78)79-70(83)62-60-58-56-54-52-50-48-46-44-42-40-37-28-26-24-22-20-18-16-14-12-10-8-6-4-2/h16,18,22,24,51,53,59,61,66-69,71-78,80-82,84-88H,3-15,17,19-21,23,25-50,52,54-58,60,62-65H2,1-2H3,(H,79,83)/b18-16-,24-22-,53-51+,61-59+. The Balaban J connectivity index is 1.65. The molecule has 2 fully saturated rings. The third-order valence-electron chi connectivity index (χ3n) is 19.0. The maximum atomic E-state index is 13.4. The maximum absolute atomic E-state index is 13.4. The molecule has 1 amide bonds. The van der Waals surface area contributed by atoms with E-state index in [-0.39, 0.29) is 18.9 Å². The normalized spacial score (nSPS) is 22.9. The molecule has 0 radical (unpaired) electrons. The number of nitrogens with one attached hydrogen (secondary N) is 1. The van der Waals surface area contributed by atoms with E-state index in [1.165, 1.54) is 276 Å². The van der Waals surface area contributed by atoms with Crippen LogP contribution in [0, 0.1) is 0 Å². The van der Waals surface area contributed by atoms with Crippen molar-refractivity contribution in [1.82, 2.24) is 5.32 Å². The van der Waals surface area contributed by atoms with Gasteiger partial charge in [-0.1, -0.05) is 326 Å². The van der Waals surface area contributed by atoms with Crippen LogP contribution >= 0.6 is 0 Å². The van der Waals surface area contributed by atoms with E-state index >= 15 is 0 Å². The SMILES string of the molecule is CCCCCCC/C=C\C/C=C\CCCCCCCCCCCCCCCC(=O)NC(COC1OC(CO)C(OC2OC(CO)C(O)C(O)C2O)C(O)C1O)C(O)/C=C/CC/C=C/CCCCCCCCCCCCCCCCCCCCCCCCCCCCC. The number of amides is 1. The molecular formula is C78H145NO13. The molecule has 2 heterocycles. The molecule has 14 nitrogen and oxygen atoms in total. The molecule has 2 rings (SSSR count). The topological polar surface area (TPSA) is 228 Å². The third kappa shape index (κ3) is 45.5. The van der Waals surface area contributed by atoms with Crippen LogP contribution in [0.2, 0.25) is 0 Å². The molecule has 2 aliphatic heterocycles. The van der Waals surface area contributed by atoms with Crippen LogP contribution in [-0.4, -0.2) is 140 Å². The second-order valence-electron chi connectivity index (χ2n) is 27.5. The minimum absolute atomic E-state index is 0.246. The molecule has 0 spiro atoms. The highest BCUT2D eigenvalue weighted by molar-refractivity contribution is 5.76. The van der Waals surface area contributed by atoms with Crippen LogP contribution < -0.4 is 5.32 Å². The molecule has 0 aromatic heterocycles. The van der Waals surface area contributed by atoms with E-state index in [0.29, 0.717) is 12.8 Å². The van der Waals surface area contributed by atoms with Crippen LogP contribution in [0.15, 0.2) is 48.6 Å². The highest BCUT2D eigenvalue weighted by atomic mass is 16.7. The molecule has 540 valence electrons. The van der Waals surface area contributed by atoms with E-state index in [2.05, 4.69) is 55.6 Å². The van der Waals surface area contributed by atoms with Crippen molar-refractivity contribution >= 4 is 5.91 Å². The minimum Gasteiger partial charge on any atom is -0.394 e. The van der Waals surface area contributed by atoms with Crippen molar-refractivity contribution in [2.75, 3.05) is 19.8 Å². The Bertz CT molecular complexity index is 1730. The van der Waals surface area contributed by atoms with E-state index in [4.69, 9.17) is 18.9 Å². The summed E-state index contributed by atoms with van der Waals surface area (Å²) in [6.07, 6.45) is 66.2. The molecule has 12 unspecified atom stereocenters. The molecule has 0 saturated carbocycles. The number of unbranched alkanes of at least 4 members (excludes halogenated alkanes) is 46. The summed E-state index contributed by atoms with van der Waals surface area (Å²) in [7, 11) is 0. The Kier molecular flexibility index (Phi) is 58.4. The number of carbonyl (C=O) groups is 1. The van der Waals surface area contributed by atoms with Gasteiger partial charge in [0.05, 0.1) is 32.0 Å². The van der Waals surface area contributed by atoms with E-state index in [9.17, 15) is 45.6 Å². The van der Waals surface area contributed by atoms with Crippen molar-refractivity contribution < 1.29 is 64.6 Å². The lowest BCUT2D eigenvalue weighted by atomic mass is 9.97. The Labute approximate surface area is 563 Å². The summed E-state index contributed by atoms with van der Waals surface area (Å²) in [6.45, 7) is 2.82. The van der Waals surface area contributed by atoms with Crippen LogP contribution in [0.1, 0.15) is 348 Å². The Morgan fingerprint density at radius 2 is 0.728 bits per heavy atom. The van der Waals surface area contributed by atoms with Gasteiger partial charge in [-0.3, -0.25) is 4.79 Å². The van der Waals surface area contributed by atoms with Gasteiger partial charge in [-0.05, 0) is 64.2 Å². The lowest BCUT2D eigenvalue weighted by Crippen LogP contribution is -2.65. The molecule has 2 aliphatic rings. The van der Waals surface area contributed by atoms with Crippen LogP contribution in [0.4, 0.5) is 0 Å². The molecule has 0 aromatic carbocycles. The zero-order valence-corrected chi connectivity index (χ0v) is 59.1. The zero-order valence-electron chi connectivity index (χ0n) is 59.1. The summed E-state index contributed by atoms with van der Waals surface area (Å²) in [5.74, 6) is -0.246. The van der Waals surface area contributed by atoms with Crippen LogP contribution in [0.3, 0.4) is 0 Å². The third-order valence-corrected chi connectivity index (χ3v) is 19.0. The monoisotopic (exact) mass is 1300 g/mol. The van der Waals surface area contributed by atoms with E-state index in [1.807, 2.05) is 6.08 Å². The van der Waals surface area contributed by atoms with Crippen molar-refractivity contribution in [2.45, 2.75) is 421 Å². The number of hydrogen-bond donors (Lipinski definition) is 9. The maximum Gasteiger partial charge on any atom is 0.220 e. The fourth-order valence-electron chi connectivity index (χ4n) is 12.8. The summed E-state index contributed by atoms with van der Waals surface area (Å²) in [5.41, 5.74) is 0. The molecule has 12 atom stereocenters. The molecule has 9 N–H and O–H groups in total. The lowest BCUT2D eigenvalue weighted by molar-refractivity contribution is -0.359. The van der Waals surface area contributed by atoms with Gasteiger partial charge in [-0.25, -0.2) is 0 Å². The van der Waals surface area contributed by atoms with Crippen LogP contribution in [0.25, 0.3) is 0 Å². The Morgan fingerprint density at radius 3 is 1.13 bits per heavy atom. The van der Waals surface area contributed by atoms with E-state index in [1.54, 1.807) is 6.08 Å². The van der Waals surface area contributed by atoms with Gasteiger partial charge < -0.3 is 65.1 Å². The quantitative estimate of drug-likeness (QED) is 0.0204. The highest BCUT2D eigenvalue weighted by Crippen LogP contribution is 2.30. The number of hydrogen-bond acceptors (Lipinski definition) is 13. The largest absolute Gasteiger partial charge is 0.394 e. The molecule has 92 heavy (non-hydrogen) atoms. The first-order valence-corrected chi connectivity index (χ1v) is 38.9. The number of allylic oxidation sites excluding steroid dienone is 7. The van der Waals surface area contributed by atoms with E-state index < -0.39 is 86.8 Å². The average molecular weight is 1310 g/mol. The molecule has 0 aromatic rings. The van der Waals surface area contributed by atoms with Gasteiger partial charge in [-0.2, -0.15) is 0 Å². The molecule has 14 heteroatoms. The lowest BCUT2D eigenvalue weighted by Gasteiger charge is -2.46. The molecule has 0 aliphatic carbocycles. The number of aliphatic hydroxyl groups is 8. The van der Waals surface area contributed by atoms with E-state index in [0.717, 1.165) is 38.5 Å². The first kappa shape index (κ1) is 86.0. The first-order chi connectivity index (χ1) is 45.1. The van der Waals surface area contributed by atoms with Crippen molar-refractivity contribution in [3.05, 3.63) is 48.6 Å². The fourth-order valence-corrected chi connectivity index (χ4v) is 12.8. The predicted octanol–water partition coefficient (Wildman–Crippen LogP) is 17.0. The van der Waals surface area contributed by atoms with Crippen LogP contribution in [-0.2, 0) is 23.7 Å². The van der Waals surface area contributed by atoms with Gasteiger partial charge in [0.1, 0.15) is 48.8 Å². The second-order valence-corrected chi connectivity index (χ2v) is 27.5. The van der Waals surface area contributed by atoms with Crippen molar-refractivity contribution in [1.29, 1.82) is 0 Å². The zero-order chi connectivity index (χ0) is 66.6. The van der Waals surface area contributed by atoms with Gasteiger partial charge in [0.2, 0.25) is 5.91 Å². The second kappa shape index (κ2) is 62.5. The van der Waals surface area contributed by atoms with Gasteiger partial charge in [0, 0.05) is 6.42 Å². The first-order valence-electron chi connectivity index (χ1n) is 38.9. The Hall–Kier alpha value is -2.05. The molecule has 0 bridgehead atoms. The predicted molar refractivity (Wildman–Crippen MR) is 378 cm³/mol. The number of aliphatic hydroxyl groups excluding tert-OH is 8. The smallest absolute Gasteiger partial charge is 0.220 e. The fraction of sp³-hybridized carbons (Fsp3) is 0.885. The van der Waals surface area contributed by atoms with Crippen molar-refractivity contribution in [3.63, 3.8) is 0 Å². The number of carbonyl (C=O) groups excluding carboxylic acids is 1. The van der Waals surface area contributed by atoms with Crippen LogP contribution in [0.5, 0.6) is 0 Å². The van der Waals surface area contributed by atoms with Gasteiger partial charge in [0.15, 0.2) is 12.6 Å². The highest BCUT2D eigenvalue weighted by Gasteiger charge is 2.51.